The van der Waals surface area contributed by atoms with Crippen LogP contribution in [0.5, 0.6) is 0 Å². The number of carbonyl (C=O) groups is 1. The van der Waals surface area contributed by atoms with Crippen molar-refractivity contribution in [2.45, 2.75) is 62.6 Å². The molecule has 2 heterocycles. The van der Waals surface area contributed by atoms with E-state index in [1.807, 2.05) is 29.2 Å². The number of likely N-dealkylation sites (tertiary alicyclic amines) is 1. The third kappa shape index (κ3) is 5.66. The third-order valence-electron chi connectivity index (χ3n) is 8.42. The Bertz CT molecular complexity index is 1020. The lowest BCUT2D eigenvalue weighted by atomic mass is 9.65. The molecule has 1 amide bonds. The number of nitrogens with two attached hydrogens (primary N) is 1. The molecule has 4 unspecified atom stereocenters. The van der Waals surface area contributed by atoms with Gasteiger partial charge in [-0.25, -0.2) is 0 Å². The van der Waals surface area contributed by atoms with Gasteiger partial charge in [-0.2, -0.15) is 0 Å². The maximum absolute atomic E-state index is 12.6. The minimum atomic E-state index is 0.149. The lowest BCUT2D eigenvalue weighted by Gasteiger charge is -2.47. The van der Waals surface area contributed by atoms with Crippen LogP contribution in [0.25, 0.3) is 0 Å². The van der Waals surface area contributed by atoms with E-state index in [0.717, 1.165) is 55.2 Å². The first-order valence-electron chi connectivity index (χ1n) is 13.0. The third-order valence-corrected chi connectivity index (χ3v) is 8.93. The molecule has 0 aromatic heterocycles. The molecule has 6 nitrogen and oxygen atoms in total. The molecule has 2 aromatic carbocycles. The number of nitrogens with one attached hydrogen (secondary N) is 3. The molecule has 2 saturated heterocycles. The number of amides is 1. The van der Waals surface area contributed by atoms with Gasteiger partial charge in [-0.15, -0.1) is 0 Å². The molecule has 3 fully saturated rings. The average molecular weight is 529 g/mol. The lowest BCUT2D eigenvalue weighted by Crippen LogP contribution is -2.60. The van der Waals surface area contributed by atoms with Gasteiger partial charge >= 0.3 is 0 Å². The number of nitrogens with zero attached hydrogens (tertiary/aromatic N) is 1. The normalized spacial score (nSPS) is 27.0. The number of carbonyl (C=O) groups excluding carboxylic acids is 1. The van der Waals surface area contributed by atoms with Gasteiger partial charge in [0.25, 0.3) is 0 Å². The summed E-state index contributed by atoms with van der Waals surface area (Å²) in [5, 5.41) is 16.3. The van der Waals surface area contributed by atoms with Crippen LogP contribution in [-0.2, 0) is 4.79 Å². The smallest absolute Gasteiger partial charge is 0.221 e. The fourth-order valence-corrected chi connectivity index (χ4v) is 6.88. The highest BCUT2D eigenvalue weighted by Gasteiger charge is 2.43. The van der Waals surface area contributed by atoms with Crippen molar-refractivity contribution in [2.75, 3.05) is 13.1 Å². The minimum Gasteiger partial charge on any atom is -0.370 e. The number of hydrogen-bond acceptors (Lipinski definition) is 3. The first-order valence-corrected chi connectivity index (χ1v) is 13.8. The highest BCUT2D eigenvalue weighted by molar-refractivity contribution is 6.30. The van der Waals surface area contributed by atoms with Gasteiger partial charge in [0, 0.05) is 53.6 Å². The van der Waals surface area contributed by atoms with Crippen molar-refractivity contribution in [3.8, 4) is 0 Å². The van der Waals surface area contributed by atoms with E-state index in [1.54, 1.807) is 0 Å². The summed E-state index contributed by atoms with van der Waals surface area (Å²) >= 11 is 12.4. The average Bonchev–Trinajstić information content (AvgIpc) is 2.87. The molecule has 0 radical (unpaired) electrons. The van der Waals surface area contributed by atoms with Gasteiger partial charge in [0.2, 0.25) is 5.91 Å². The van der Waals surface area contributed by atoms with Crippen molar-refractivity contribution < 1.29 is 4.79 Å². The van der Waals surface area contributed by atoms with Crippen LogP contribution in [0.2, 0.25) is 10.0 Å². The van der Waals surface area contributed by atoms with E-state index in [-0.39, 0.29) is 29.9 Å². The van der Waals surface area contributed by atoms with Gasteiger partial charge in [-0.1, -0.05) is 47.5 Å². The molecule has 1 aliphatic carbocycles. The summed E-state index contributed by atoms with van der Waals surface area (Å²) in [6.45, 7) is 1.58. The summed E-state index contributed by atoms with van der Waals surface area (Å²) < 4.78 is 0. The van der Waals surface area contributed by atoms with Crippen molar-refractivity contribution in [3.63, 3.8) is 0 Å². The van der Waals surface area contributed by atoms with Crippen molar-refractivity contribution in [2.24, 2.45) is 17.6 Å². The highest BCUT2D eigenvalue weighted by atomic mass is 35.5. The van der Waals surface area contributed by atoms with Crippen LogP contribution in [0, 0.1) is 17.2 Å². The SMILES string of the molecule is N=C(N)N1CCC(NC2CC(=O)NC3CCC(C(c4ccc(Cl)cc4)c4ccc(Cl)cc4)CC32)CC1. The van der Waals surface area contributed by atoms with E-state index >= 15 is 0 Å². The second kappa shape index (κ2) is 11.0. The summed E-state index contributed by atoms with van der Waals surface area (Å²) in [4.78, 5) is 14.5. The number of fused-ring (bicyclic) bond motifs is 1. The molecule has 3 aliphatic rings. The quantitative estimate of drug-likeness (QED) is 0.333. The number of benzene rings is 2. The highest BCUT2D eigenvalue weighted by Crippen LogP contribution is 2.45. The molecule has 5 N–H and O–H groups in total. The summed E-state index contributed by atoms with van der Waals surface area (Å²) in [7, 11) is 0. The van der Waals surface area contributed by atoms with Crippen LogP contribution < -0.4 is 16.4 Å². The van der Waals surface area contributed by atoms with Gasteiger partial charge < -0.3 is 21.3 Å². The largest absolute Gasteiger partial charge is 0.370 e. The molecule has 192 valence electrons. The van der Waals surface area contributed by atoms with E-state index in [2.05, 4.69) is 34.9 Å². The Labute approximate surface area is 223 Å². The number of hydrogen-bond donors (Lipinski definition) is 4. The van der Waals surface area contributed by atoms with E-state index in [1.165, 1.54) is 11.1 Å². The summed E-state index contributed by atoms with van der Waals surface area (Å²) in [5.74, 6) is 1.39. The molecule has 0 bridgehead atoms. The predicted molar refractivity (Wildman–Crippen MR) is 146 cm³/mol. The first-order chi connectivity index (χ1) is 17.4. The fraction of sp³-hybridized carbons (Fsp3) is 0.500. The molecular formula is C28H35Cl2N5O. The Morgan fingerprint density at radius 1 is 0.972 bits per heavy atom. The zero-order chi connectivity index (χ0) is 25.2. The second-order valence-corrected chi connectivity index (χ2v) is 11.5. The van der Waals surface area contributed by atoms with Crippen LogP contribution in [0.4, 0.5) is 0 Å². The first kappa shape index (κ1) is 25.4. The Morgan fingerprint density at radius 2 is 1.56 bits per heavy atom. The standard InChI is InChI=1S/C28H35Cl2N5O/c29-20-6-1-17(2-7-20)27(18-3-8-21(30)9-4-18)19-5-10-24-23(15-19)25(16-26(36)34-24)33-22-11-13-35(14-12-22)28(31)32/h1-4,6-9,19,22-25,27,33H,5,10-16H2,(H3,31,32)(H,34,36). The Kier molecular flexibility index (Phi) is 7.75. The molecule has 1 saturated carbocycles. The van der Waals surface area contributed by atoms with Crippen LogP contribution >= 0.6 is 23.2 Å². The number of guanidine groups is 1. The molecule has 2 aromatic rings. The van der Waals surface area contributed by atoms with Gasteiger partial charge in [0.05, 0.1) is 0 Å². The Hall–Kier alpha value is -2.28. The van der Waals surface area contributed by atoms with E-state index in [9.17, 15) is 4.79 Å². The maximum Gasteiger partial charge on any atom is 0.221 e. The molecule has 4 atom stereocenters. The van der Waals surface area contributed by atoms with E-state index in [0.29, 0.717) is 24.3 Å². The number of halogens is 2. The minimum absolute atomic E-state index is 0.149. The lowest BCUT2D eigenvalue weighted by molar-refractivity contribution is -0.126. The predicted octanol–water partition coefficient (Wildman–Crippen LogP) is 4.75. The maximum atomic E-state index is 12.6. The van der Waals surface area contributed by atoms with Gasteiger partial charge in [0.1, 0.15) is 0 Å². The van der Waals surface area contributed by atoms with Crippen LogP contribution in [-0.4, -0.2) is 48.0 Å². The molecule has 8 heteroatoms. The molecule has 0 spiro atoms. The Morgan fingerprint density at radius 3 is 2.11 bits per heavy atom. The van der Waals surface area contributed by atoms with E-state index in [4.69, 9.17) is 34.3 Å². The monoisotopic (exact) mass is 527 g/mol. The van der Waals surface area contributed by atoms with Gasteiger partial charge in [0.15, 0.2) is 5.96 Å². The van der Waals surface area contributed by atoms with Crippen LogP contribution in [0.3, 0.4) is 0 Å². The van der Waals surface area contributed by atoms with Crippen LogP contribution in [0.15, 0.2) is 48.5 Å². The van der Waals surface area contributed by atoms with Crippen molar-refractivity contribution in [3.05, 3.63) is 69.7 Å². The summed E-state index contributed by atoms with van der Waals surface area (Å²) in [6.07, 6.45) is 5.49. The van der Waals surface area contributed by atoms with Crippen molar-refractivity contribution in [1.29, 1.82) is 5.41 Å². The van der Waals surface area contributed by atoms with Gasteiger partial charge in [-0.05, 0) is 79.3 Å². The van der Waals surface area contributed by atoms with Crippen molar-refractivity contribution in [1.82, 2.24) is 15.5 Å². The zero-order valence-corrected chi connectivity index (χ0v) is 21.9. The molecule has 5 rings (SSSR count). The molecule has 36 heavy (non-hydrogen) atoms. The molecular weight excluding hydrogens is 493 g/mol. The summed E-state index contributed by atoms with van der Waals surface area (Å²) in [6, 6.07) is 17.2. The van der Waals surface area contributed by atoms with Gasteiger partial charge in [-0.3, -0.25) is 10.2 Å². The van der Waals surface area contributed by atoms with Crippen molar-refractivity contribution >= 4 is 35.1 Å². The number of piperidine rings is 2. The molecule has 2 aliphatic heterocycles. The fourth-order valence-electron chi connectivity index (χ4n) is 6.63. The Balaban J connectivity index is 1.36. The van der Waals surface area contributed by atoms with Crippen LogP contribution in [0.1, 0.15) is 55.6 Å². The second-order valence-electron chi connectivity index (χ2n) is 10.6. The zero-order valence-electron chi connectivity index (χ0n) is 20.4. The summed E-state index contributed by atoms with van der Waals surface area (Å²) in [5.41, 5.74) is 8.22. The topological polar surface area (TPSA) is 94.2 Å². The van der Waals surface area contributed by atoms with E-state index < -0.39 is 0 Å². The number of rotatable bonds is 5.